The van der Waals surface area contributed by atoms with Gasteiger partial charge in [-0.2, -0.15) is 0 Å². The summed E-state index contributed by atoms with van der Waals surface area (Å²) in [5.41, 5.74) is 0.373. The summed E-state index contributed by atoms with van der Waals surface area (Å²) in [6.07, 6.45) is 1.87. The van der Waals surface area contributed by atoms with E-state index in [2.05, 4.69) is 17.2 Å². The normalized spacial score (nSPS) is 13.0. The lowest BCUT2D eigenvalue weighted by Gasteiger charge is -2.10. The molecule has 2 N–H and O–H groups in total. The van der Waals surface area contributed by atoms with Crippen LogP contribution in [0.25, 0.3) is 0 Å². The summed E-state index contributed by atoms with van der Waals surface area (Å²) < 4.78 is 25.0. The maximum atomic E-state index is 13.9. The third kappa shape index (κ3) is 5.66. The van der Waals surface area contributed by atoms with Crippen LogP contribution in [0.5, 0.6) is 0 Å². The van der Waals surface area contributed by atoms with E-state index in [-0.39, 0.29) is 24.0 Å². The van der Waals surface area contributed by atoms with Gasteiger partial charge in [0.15, 0.2) is 0 Å². The summed E-state index contributed by atoms with van der Waals surface area (Å²) in [5, 5.41) is 11.0. The molecule has 0 aliphatic carbocycles. The Morgan fingerprint density at radius 2 is 2.24 bits per heavy atom. The number of amides is 1. The zero-order chi connectivity index (χ0) is 15.8. The molecule has 4 nitrogen and oxygen atoms in total. The first-order valence-electron chi connectivity index (χ1n) is 6.45. The highest BCUT2D eigenvalue weighted by Crippen LogP contribution is 2.10. The Balaban J connectivity index is 2.74. The van der Waals surface area contributed by atoms with Crippen molar-refractivity contribution < 1.29 is 18.5 Å². The third-order valence-corrected chi connectivity index (χ3v) is 4.10. The fourth-order valence-corrected chi connectivity index (χ4v) is 1.76. The summed E-state index contributed by atoms with van der Waals surface area (Å²) >= 11 is 0. The SMILES string of the molecule is CC(CNC(=O)c1ccc(C#CCCO)cc1F)S(C)=O. The Bertz CT molecular complexity index is 592. The van der Waals surface area contributed by atoms with Gasteiger partial charge in [0.1, 0.15) is 5.82 Å². The van der Waals surface area contributed by atoms with E-state index in [9.17, 15) is 13.4 Å². The Kier molecular flexibility index (Phi) is 7.06. The molecule has 1 rings (SSSR count). The quantitative estimate of drug-likeness (QED) is 0.799. The molecule has 0 saturated heterocycles. The van der Waals surface area contributed by atoms with Crippen LogP contribution >= 0.6 is 0 Å². The van der Waals surface area contributed by atoms with Crippen LogP contribution in [0.1, 0.15) is 29.3 Å². The van der Waals surface area contributed by atoms with Crippen molar-refractivity contribution in [3.8, 4) is 11.8 Å². The zero-order valence-corrected chi connectivity index (χ0v) is 12.8. The average Bonchev–Trinajstić information content (AvgIpc) is 2.44. The van der Waals surface area contributed by atoms with Gasteiger partial charge in [0, 0.05) is 40.8 Å². The summed E-state index contributed by atoms with van der Waals surface area (Å²) in [6, 6.07) is 4.09. The van der Waals surface area contributed by atoms with E-state index in [0.717, 1.165) is 0 Å². The second-order valence-corrected chi connectivity index (χ2v) is 6.29. The van der Waals surface area contributed by atoms with Crippen molar-refractivity contribution in [2.45, 2.75) is 18.6 Å². The monoisotopic (exact) mass is 311 g/mol. The van der Waals surface area contributed by atoms with Gasteiger partial charge in [-0.1, -0.05) is 11.8 Å². The fourth-order valence-electron chi connectivity index (χ4n) is 1.45. The number of halogens is 1. The van der Waals surface area contributed by atoms with E-state index in [0.29, 0.717) is 12.0 Å². The van der Waals surface area contributed by atoms with Crippen molar-refractivity contribution in [1.82, 2.24) is 5.32 Å². The number of carbonyl (C=O) groups is 1. The van der Waals surface area contributed by atoms with Crippen molar-refractivity contribution in [1.29, 1.82) is 0 Å². The lowest BCUT2D eigenvalue weighted by molar-refractivity contribution is 0.0950. The van der Waals surface area contributed by atoms with Crippen molar-refractivity contribution >= 4 is 16.7 Å². The molecule has 0 heterocycles. The van der Waals surface area contributed by atoms with Gasteiger partial charge in [-0.05, 0) is 25.1 Å². The molecule has 0 bridgehead atoms. The minimum Gasteiger partial charge on any atom is -0.395 e. The predicted molar refractivity (Wildman–Crippen MR) is 80.8 cm³/mol. The van der Waals surface area contributed by atoms with Crippen molar-refractivity contribution in [3.63, 3.8) is 0 Å². The first-order valence-corrected chi connectivity index (χ1v) is 8.07. The summed E-state index contributed by atoms with van der Waals surface area (Å²) in [4.78, 5) is 11.8. The molecule has 2 atom stereocenters. The molecule has 0 aliphatic rings. The number of hydrogen-bond donors (Lipinski definition) is 2. The van der Waals surface area contributed by atoms with Gasteiger partial charge in [-0.25, -0.2) is 4.39 Å². The van der Waals surface area contributed by atoms with Gasteiger partial charge in [-0.15, -0.1) is 0 Å². The first kappa shape index (κ1) is 17.3. The van der Waals surface area contributed by atoms with Crippen LogP contribution in [0, 0.1) is 17.7 Å². The molecular formula is C15H18FNO3S. The summed E-state index contributed by atoms with van der Waals surface area (Å²) in [7, 11) is -1.04. The average molecular weight is 311 g/mol. The molecular weight excluding hydrogens is 293 g/mol. The van der Waals surface area contributed by atoms with Crippen LogP contribution in [0.3, 0.4) is 0 Å². The smallest absolute Gasteiger partial charge is 0.254 e. The molecule has 0 saturated carbocycles. The Morgan fingerprint density at radius 1 is 1.52 bits per heavy atom. The van der Waals surface area contributed by atoms with Crippen molar-refractivity contribution in [2.75, 3.05) is 19.4 Å². The van der Waals surface area contributed by atoms with Crippen LogP contribution < -0.4 is 5.32 Å². The number of hydrogen-bond acceptors (Lipinski definition) is 3. The van der Waals surface area contributed by atoms with Crippen LogP contribution in [0.15, 0.2) is 18.2 Å². The summed E-state index contributed by atoms with van der Waals surface area (Å²) in [5.74, 6) is 4.17. The van der Waals surface area contributed by atoms with E-state index < -0.39 is 22.5 Å². The molecule has 1 amide bonds. The maximum absolute atomic E-state index is 13.9. The predicted octanol–water partition coefficient (Wildman–Crippen LogP) is 1.06. The lowest BCUT2D eigenvalue weighted by Crippen LogP contribution is -2.33. The van der Waals surface area contributed by atoms with E-state index in [1.54, 1.807) is 19.2 Å². The number of aliphatic hydroxyl groups excluding tert-OH is 1. The van der Waals surface area contributed by atoms with Gasteiger partial charge >= 0.3 is 0 Å². The van der Waals surface area contributed by atoms with E-state index in [4.69, 9.17) is 5.11 Å². The number of nitrogens with one attached hydrogen (secondary N) is 1. The topological polar surface area (TPSA) is 66.4 Å². The molecule has 0 aromatic heterocycles. The van der Waals surface area contributed by atoms with Crippen LogP contribution in [0.2, 0.25) is 0 Å². The second-order valence-electron chi connectivity index (χ2n) is 4.49. The highest BCUT2D eigenvalue weighted by atomic mass is 32.2. The molecule has 1 aromatic carbocycles. The molecule has 0 spiro atoms. The number of aliphatic hydroxyl groups is 1. The minimum atomic E-state index is -1.04. The molecule has 1 aromatic rings. The molecule has 21 heavy (non-hydrogen) atoms. The molecule has 0 fully saturated rings. The number of benzene rings is 1. The largest absolute Gasteiger partial charge is 0.395 e. The molecule has 114 valence electrons. The molecule has 6 heteroatoms. The molecule has 2 unspecified atom stereocenters. The number of carbonyl (C=O) groups excluding carboxylic acids is 1. The van der Waals surface area contributed by atoms with Gasteiger partial charge in [-0.3, -0.25) is 9.00 Å². The van der Waals surface area contributed by atoms with Crippen LogP contribution in [-0.2, 0) is 10.8 Å². The Labute approximate surface area is 126 Å². The highest BCUT2D eigenvalue weighted by Gasteiger charge is 2.14. The maximum Gasteiger partial charge on any atom is 0.254 e. The lowest BCUT2D eigenvalue weighted by atomic mass is 10.1. The van der Waals surface area contributed by atoms with Gasteiger partial charge < -0.3 is 10.4 Å². The van der Waals surface area contributed by atoms with Gasteiger partial charge in [0.25, 0.3) is 5.91 Å². The van der Waals surface area contributed by atoms with Gasteiger partial charge in [0.05, 0.1) is 12.2 Å². The second kappa shape index (κ2) is 8.55. The van der Waals surface area contributed by atoms with E-state index >= 15 is 0 Å². The fraction of sp³-hybridized carbons (Fsp3) is 0.400. The molecule has 0 aliphatic heterocycles. The van der Waals surface area contributed by atoms with Gasteiger partial charge in [0.2, 0.25) is 0 Å². The third-order valence-electron chi connectivity index (χ3n) is 2.80. The number of rotatable bonds is 5. The minimum absolute atomic E-state index is 0.0487. The molecule has 0 radical (unpaired) electrons. The van der Waals surface area contributed by atoms with Crippen molar-refractivity contribution in [2.24, 2.45) is 0 Å². The van der Waals surface area contributed by atoms with Crippen molar-refractivity contribution in [3.05, 3.63) is 35.1 Å². The van der Waals surface area contributed by atoms with E-state index in [1.807, 2.05) is 0 Å². The van der Waals surface area contributed by atoms with E-state index in [1.165, 1.54) is 12.1 Å². The standard InChI is InChI=1S/C15H18FNO3S/c1-11(21(2)20)10-17-15(19)13-7-6-12(9-14(13)16)5-3-4-8-18/h6-7,9,11,18H,4,8,10H2,1-2H3,(H,17,19). The highest BCUT2D eigenvalue weighted by molar-refractivity contribution is 7.84. The van der Waals surface area contributed by atoms with Crippen LogP contribution in [0.4, 0.5) is 4.39 Å². The Morgan fingerprint density at radius 3 is 2.81 bits per heavy atom. The zero-order valence-electron chi connectivity index (χ0n) is 12.0. The summed E-state index contributed by atoms with van der Waals surface area (Å²) in [6.45, 7) is 1.92. The first-order chi connectivity index (χ1) is 9.95. The Hall–Kier alpha value is -1.71. The van der Waals surface area contributed by atoms with Crippen LogP contribution in [-0.4, -0.2) is 39.9 Å².